The van der Waals surface area contributed by atoms with E-state index in [4.69, 9.17) is 10.5 Å². The first-order valence-corrected chi connectivity index (χ1v) is 6.35. The highest BCUT2D eigenvalue weighted by molar-refractivity contribution is 5.84. The second kappa shape index (κ2) is 4.38. The molecule has 0 saturated carbocycles. The molecule has 0 amide bonds. The van der Waals surface area contributed by atoms with E-state index >= 15 is 0 Å². The first-order valence-electron chi connectivity index (χ1n) is 6.35. The maximum absolute atomic E-state index is 14.4. The van der Waals surface area contributed by atoms with Gasteiger partial charge in [-0.3, -0.25) is 4.40 Å². The number of hydrogen-bond acceptors (Lipinski definition) is 6. The molecule has 0 aromatic carbocycles. The van der Waals surface area contributed by atoms with E-state index in [9.17, 15) is 4.39 Å². The van der Waals surface area contributed by atoms with Gasteiger partial charge in [-0.2, -0.15) is 4.98 Å². The van der Waals surface area contributed by atoms with Gasteiger partial charge in [0.1, 0.15) is 5.52 Å². The Kier molecular flexibility index (Phi) is 2.49. The number of hydrogen-bond donors (Lipinski definition) is 1. The number of nitrogens with two attached hydrogens (primary N) is 1. The summed E-state index contributed by atoms with van der Waals surface area (Å²) in [4.78, 5) is 12.2. The molecule has 0 bridgehead atoms. The number of methoxy groups -OCH3 is 1. The van der Waals surface area contributed by atoms with Gasteiger partial charge in [0, 0.05) is 30.4 Å². The molecule has 4 aromatic rings. The van der Waals surface area contributed by atoms with E-state index < -0.39 is 5.82 Å². The molecule has 0 saturated heterocycles. The zero-order chi connectivity index (χ0) is 15.3. The molecule has 4 aromatic heterocycles. The summed E-state index contributed by atoms with van der Waals surface area (Å²) < 4.78 is 22.6. The van der Waals surface area contributed by atoms with Crippen LogP contribution in [-0.2, 0) is 0 Å². The van der Waals surface area contributed by atoms with E-state index in [2.05, 4.69) is 20.1 Å². The van der Waals surface area contributed by atoms with Crippen molar-refractivity contribution < 1.29 is 9.13 Å². The van der Waals surface area contributed by atoms with E-state index in [1.54, 1.807) is 23.0 Å². The van der Waals surface area contributed by atoms with Gasteiger partial charge in [-0.25, -0.2) is 18.9 Å². The second-order valence-corrected chi connectivity index (χ2v) is 4.60. The Labute approximate surface area is 123 Å². The Morgan fingerprint density at radius 1 is 1.27 bits per heavy atom. The minimum absolute atomic E-state index is 0.00548. The Morgan fingerprint density at radius 3 is 2.95 bits per heavy atom. The number of rotatable bonds is 2. The van der Waals surface area contributed by atoms with E-state index in [0.29, 0.717) is 22.4 Å². The van der Waals surface area contributed by atoms with Crippen molar-refractivity contribution >= 4 is 17.2 Å². The van der Waals surface area contributed by atoms with Crippen molar-refractivity contribution in [3.8, 4) is 17.0 Å². The number of fused-ring (bicyclic) bond motifs is 2. The third-order valence-corrected chi connectivity index (χ3v) is 3.30. The third-order valence-electron chi connectivity index (χ3n) is 3.30. The number of ether oxygens (including phenoxy) is 1. The molecule has 9 heteroatoms. The van der Waals surface area contributed by atoms with Crippen LogP contribution < -0.4 is 10.5 Å². The average molecular weight is 299 g/mol. The lowest BCUT2D eigenvalue weighted by Gasteiger charge is -2.06. The van der Waals surface area contributed by atoms with Gasteiger partial charge in [0.2, 0.25) is 17.6 Å². The van der Waals surface area contributed by atoms with Crippen LogP contribution in [0.4, 0.5) is 10.3 Å². The summed E-state index contributed by atoms with van der Waals surface area (Å²) >= 11 is 0. The summed E-state index contributed by atoms with van der Waals surface area (Å²) in [6.45, 7) is 0. The molecule has 4 rings (SSSR count). The molecule has 22 heavy (non-hydrogen) atoms. The molecule has 0 spiro atoms. The van der Waals surface area contributed by atoms with Crippen LogP contribution in [0.1, 0.15) is 0 Å². The quantitative estimate of drug-likeness (QED) is 0.597. The van der Waals surface area contributed by atoms with E-state index in [1.165, 1.54) is 24.0 Å². The summed E-state index contributed by atoms with van der Waals surface area (Å²) in [5, 5.41) is 3.97. The lowest BCUT2D eigenvalue weighted by atomic mass is 10.1. The molecule has 0 aliphatic carbocycles. The van der Waals surface area contributed by atoms with Crippen molar-refractivity contribution in [3.63, 3.8) is 0 Å². The second-order valence-electron chi connectivity index (χ2n) is 4.60. The number of aromatic nitrogens is 6. The normalized spacial score (nSPS) is 11.4. The van der Waals surface area contributed by atoms with Crippen LogP contribution in [0.25, 0.3) is 22.4 Å². The molecule has 0 atom stereocenters. The van der Waals surface area contributed by atoms with Gasteiger partial charge in [-0.15, -0.1) is 5.10 Å². The number of anilines is 1. The van der Waals surface area contributed by atoms with Gasteiger partial charge in [-0.05, 0) is 0 Å². The molecule has 0 radical (unpaired) electrons. The summed E-state index contributed by atoms with van der Waals surface area (Å²) in [7, 11) is 1.44. The highest BCUT2D eigenvalue weighted by Crippen LogP contribution is 2.33. The van der Waals surface area contributed by atoms with Gasteiger partial charge in [0.25, 0.3) is 0 Å². The van der Waals surface area contributed by atoms with Crippen LogP contribution in [0.5, 0.6) is 5.88 Å². The maximum atomic E-state index is 14.4. The molecular weight excluding hydrogens is 289 g/mol. The number of imidazole rings is 1. The van der Waals surface area contributed by atoms with Gasteiger partial charge < -0.3 is 10.5 Å². The van der Waals surface area contributed by atoms with Crippen molar-refractivity contribution in [1.29, 1.82) is 0 Å². The highest BCUT2D eigenvalue weighted by atomic mass is 19.1. The fourth-order valence-electron chi connectivity index (χ4n) is 2.40. The highest BCUT2D eigenvalue weighted by Gasteiger charge is 2.20. The molecule has 0 aliphatic heterocycles. The maximum Gasteiger partial charge on any atom is 0.243 e. The molecule has 2 N–H and O–H groups in total. The topological polar surface area (TPSA) is 95.6 Å². The fourth-order valence-corrected chi connectivity index (χ4v) is 2.40. The summed E-state index contributed by atoms with van der Waals surface area (Å²) in [5.74, 6) is 0.241. The summed E-state index contributed by atoms with van der Waals surface area (Å²) in [6.07, 6.45) is 7.84. The van der Waals surface area contributed by atoms with Crippen molar-refractivity contribution in [1.82, 2.24) is 29.0 Å². The largest absolute Gasteiger partial charge is 0.479 e. The van der Waals surface area contributed by atoms with Crippen LogP contribution in [0.2, 0.25) is 0 Å². The molecule has 110 valence electrons. The predicted molar refractivity (Wildman–Crippen MR) is 75.9 cm³/mol. The van der Waals surface area contributed by atoms with Crippen LogP contribution in [0, 0.1) is 5.82 Å². The smallest absolute Gasteiger partial charge is 0.243 e. The zero-order valence-corrected chi connectivity index (χ0v) is 11.4. The average Bonchev–Trinajstić information content (AvgIpc) is 3.08. The lowest BCUT2D eigenvalue weighted by molar-refractivity contribution is 0.400. The first-order chi connectivity index (χ1) is 10.7. The predicted octanol–water partition coefficient (Wildman–Crippen LogP) is 1.17. The monoisotopic (exact) mass is 299 g/mol. The van der Waals surface area contributed by atoms with Crippen LogP contribution in [-0.4, -0.2) is 36.1 Å². The molecule has 4 heterocycles. The summed E-state index contributed by atoms with van der Waals surface area (Å²) in [5.41, 5.74) is 6.82. The molecular formula is C13H10FN7O. The number of nitrogens with zero attached hydrogens (tertiary/aromatic N) is 6. The Bertz CT molecular complexity index is 1010. The molecule has 8 nitrogen and oxygen atoms in total. The third kappa shape index (κ3) is 1.68. The minimum Gasteiger partial charge on any atom is -0.479 e. The standard InChI is InChI=1S/C13H10FN7O/c1-22-11-10-9(8(14)6-21(10)19-12(15)18-11)7-4-17-13-16-2-3-20(13)5-7/h2-6H,1H3,(H2,15,19). The van der Waals surface area contributed by atoms with Gasteiger partial charge in [0.15, 0.2) is 5.82 Å². The van der Waals surface area contributed by atoms with E-state index in [-0.39, 0.29) is 11.8 Å². The van der Waals surface area contributed by atoms with Crippen molar-refractivity contribution in [3.05, 3.63) is 36.8 Å². The summed E-state index contributed by atoms with van der Waals surface area (Å²) in [6, 6.07) is 0. The van der Waals surface area contributed by atoms with Gasteiger partial charge >= 0.3 is 0 Å². The first kappa shape index (κ1) is 12.5. The Hall–Kier alpha value is -3.23. The van der Waals surface area contributed by atoms with E-state index in [1.807, 2.05) is 0 Å². The van der Waals surface area contributed by atoms with E-state index in [0.717, 1.165) is 0 Å². The lowest BCUT2D eigenvalue weighted by Crippen LogP contribution is -2.03. The molecule has 0 unspecified atom stereocenters. The van der Waals surface area contributed by atoms with Gasteiger partial charge in [-0.1, -0.05) is 0 Å². The Morgan fingerprint density at radius 2 is 2.14 bits per heavy atom. The van der Waals surface area contributed by atoms with Crippen LogP contribution >= 0.6 is 0 Å². The van der Waals surface area contributed by atoms with Crippen LogP contribution in [0.3, 0.4) is 0 Å². The van der Waals surface area contributed by atoms with Crippen LogP contribution in [0.15, 0.2) is 31.0 Å². The number of nitrogen functional groups attached to an aromatic ring is 1. The molecule has 0 fully saturated rings. The zero-order valence-electron chi connectivity index (χ0n) is 11.4. The minimum atomic E-state index is -0.473. The SMILES string of the molecule is COc1nc(N)nn2cc(F)c(-c3cnc4nccn4c3)c12. The van der Waals surface area contributed by atoms with Gasteiger partial charge in [0.05, 0.1) is 18.9 Å². The van der Waals surface area contributed by atoms with Crippen molar-refractivity contribution in [2.45, 2.75) is 0 Å². The van der Waals surface area contributed by atoms with Crippen molar-refractivity contribution in [2.24, 2.45) is 0 Å². The van der Waals surface area contributed by atoms with Crippen molar-refractivity contribution in [2.75, 3.05) is 12.8 Å². The number of halogens is 1. The Balaban J connectivity index is 2.06. The molecule has 0 aliphatic rings. The fraction of sp³-hybridized carbons (Fsp3) is 0.0769.